The maximum Gasteiger partial charge on any atom is 0.0393 e. The number of hydrogen-bond donors (Lipinski definition) is 1. The molecule has 0 saturated heterocycles. The minimum atomic E-state index is 0.851. The second-order valence-electron chi connectivity index (χ2n) is 4.72. The third-order valence-electron chi connectivity index (χ3n) is 3.60. The van der Waals surface area contributed by atoms with Crippen LogP contribution >= 0.6 is 0 Å². The van der Waals surface area contributed by atoms with E-state index in [1.54, 1.807) is 0 Å². The Morgan fingerprint density at radius 1 is 0.824 bits per heavy atom. The molecule has 0 saturated carbocycles. The molecule has 0 aliphatic heterocycles. The zero-order chi connectivity index (χ0) is 12.6. The number of benzene rings is 2. The van der Waals surface area contributed by atoms with Crippen LogP contribution < -0.4 is 5.73 Å². The topological polar surface area (TPSA) is 26.0 Å². The monoisotopic (exact) mass is 225 g/mol. The van der Waals surface area contributed by atoms with Gasteiger partial charge in [0, 0.05) is 11.3 Å². The molecule has 0 radical (unpaired) electrons. The summed E-state index contributed by atoms with van der Waals surface area (Å²) in [6, 6.07) is 10.3. The van der Waals surface area contributed by atoms with Crippen molar-refractivity contribution in [1.82, 2.24) is 0 Å². The molecule has 1 nitrogen and oxygen atoms in total. The normalized spacial score (nSPS) is 10.6. The SMILES string of the molecule is Cc1cc(C)c(C)c(-c2ccccc2N)c1C. The van der Waals surface area contributed by atoms with Crippen LogP contribution in [0.25, 0.3) is 11.1 Å². The Balaban J connectivity index is 2.80. The fourth-order valence-corrected chi connectivity index (χ4v) is 2.35. The van der Waals surface area contributed by atoms with Crippen molar-refractivity contribution in [2.24, 2.45) is 0 Å². The molecule has 2 rings (SSSR count). The first-order valence-corrected chi connectivity index (χ1v) is 5.94. The molecule has 2 aromatic rings. The van der Waals surface area contributed by atoms with Gasteiger partial charge in [-0.2, -0.15) is 0 Å². The first-order chi connectivity index (χ1) is 8.02. The lowest BCUT2D eigenvalue weighted by Crippen LogP contribution is -1.98. The molecule has 17 heavy (non-hydrogen) atoms. The minimum absolute atomic E-state index is 0.851. The number of hydrogen-bond acceptors (Lipinski definition) is 1. The van der Waals surface area contributed by atoms with Gasteiger partial charge < -0.3 is 5.73 Å². The van der Waals surface area contributed by atoms with Crippen molar-refractivity contribution in [1.29, 1.82) is 0 Å². The highest BCUT2D eigenvalue weighted by molar-refractivity contribution is 5.82. The van der Waals surface area contributed by atoms with E-state index in [0.717, 1.165) is 11.3 Å². The standard InChI is InChI=1S/C16H19N/c1-10-9-11(2)13(4)16(12(10)3)14-7-5-6-8-15(14)17/h5-9H,17H2,1-4H3. The molecule has 0 aromatic heterocycles. The van der Waals surface area contributed by atoms with Crippen molar-refractivity contribution in [3.05, 3.63) is 52.6 Å². The molecular weight excluding hydrogens is 206 g/mol. The van der Waals surface area contributed by atoms with Gasteiger partial charge in [-0.05, 0) is 61.6 Å². The van der Waals surface area contributed by atoms with Gasteiger partial charge in [0.15, 0.2) is 0 Å². The van der Waals surface area contributed by atoms with Crippen LogP contribution in [0.3, 0.4) is 0 Å². The van der Waals surface area contributed by atoms with Gasteiger partial charge in [-0.15, -0.1) is 0 Å². The summed E-state index contributed by atoms with van der Waals surface area (Å²) in [6.07, 6.45) is 0. The van der Waals surface area contributed by atoms with Gasteiger partial charge in [-0.25, -0.2) is 0 Å². The summed E-state index contributed by atoms with van der Waals surface area (Å²) in [5.41, 5.74) is 14.7. The predicted octanol–water partition coefficient (Wildman–Crippen LogP) is 4.17. The molecular formula is C16H19N. The largest absolute Gasteiger partial charge is 0.398 e. The summed E-state index contributed by atoms with van der Waals surface area (Å²) in [4.78, 5) is 0. The van der Waals surface area contributed by atoms with Crippen LogP contribution in [0, 0.1) is 27.7 Å². The van der Waals surface area contributed by atoms with E-state index >= 15 is 0 Å². The molecule has 0 aliphatic rings. The lowest BCUT2D eigenvalue weighted by atomic mass is 9.89. The highest BCUT2D eigenvalue weighted by Crippen LogP contribution is 2.34. The quantitative estimate of drug-likeness (QED) is 0.724. The van der Waals surface area contributed by atoms with Crippen molar-refractivity contribution in [3.63, 3.8) is 0 Å². The summed E-state index contributed by atoms with van der Waals surface area (Å²) in [7, 11) is 0. The maximum atomic E-state index is 6.09. The number of nitrogens with two attached hydrogens (primary N) is 1. The van der Waals surface area contributed by atoms with Gasteiger partial charge in [-0.1, -0.05) is 24.3 Å². The van der Waals surface area contributed by atoms with Gasteiger partial charge in [0.2, 0.25) is 0 Å². The van der Waals surface area contributed by atoms with Crippen LogP contribution in [0.15, 0.2) is 30.3 Å². The average Bonchev–Trinajstić information content (AvgIpc) is 2.29. The zero-order valence-corrected chi connectivity index (χ0v) is 11.0. The van der Waals surface area contributed by atoms with E-state index in [0.29, 0.717) is 0 Å². The summed E-state index contributed by atoms with van der Waals surface area (Å²) >= 11 is 0. The van der Waals surface area contributed by atoms with E-state index in [1.807, 2.05) is 18.2 Å². The lowest BCUT2D eigenvalue weighted by molar-refractivity contribution is 1.24. The maximum absolute atomic E-state index is 6.09. The van der Waals surface area contributed by atoms with Gasteiger partial charge in [0.1, 0.15) is 0 Å². The summed E-state index contributed by atoms with van der Waals surface area (Å²) in [6.45, 7) is 8.65. The average molecular weight is 225 g/mol. The van der Waals surface area contributed by atoms with Crippen LogP contribution in [0.2, 0.25) is 0 Å². The molecule has 88 valence electrons. The third-order valence-corrected chi connectivity index (χ3v) is 3.60. The minimum Gasteiger partial charge on any atom is -0.398 e. The Kier molecular flexibility index (Phi) is 2.93. The van der Waals surface area contributed by atoms with Crippen LogP contribution in [-0.4, -0.2) is 0 Å². The molecule has 0 amide bonds. The Labute approximate surface area is 103 Å². The number of nitrogen functional groups attached to an aromatic ring is 1. The van der Waals surface area contributed by atoms with Crippen LogP contribution in [0.5, 0.6) is 0 Å². The van der Waals surface area contributed by atoms with Crippen molar-refractivity contribution in [3.8, 4) is 11.1 Å². The molecule has 0 aliphatic carbocycles. The number of aryl methyl sites for hydroxylation is 2. The smallest absolute Gasteiger partial charge is 0.0393 e. The highest BCUT2D eigenvalue weighted by atomic mass is 14.6. The van der Waals surface area contributed by atoms with Gasteiger partial charge in [0.05, 0.1) is 0 Å². The molecule has 0 heterocycles. The summed E-state index contributed by atoms with van der Waals surface area (Å²) in [5.74, 6) is 0. The van der Waals surface area contributed by atoms with Gasteiger partial charge in [0.25, 0.3) is 0 Å². The van der Waals surface area contributed by atoms with E-state index in [2.05, 4.69) is 39.8 Å². The van der Waals surface area contributed by atoms with Crippen molar-refractivity contribution >= 4 is 5.69 Å². The van der Waals surface area contributed by atoms with Crippen molar-refractivity contribution in [2.45, 2.75) is 27.7 Å². The van der Waals surface area contributed by atoms with E-state index in [9.17, 15) is 0 Å². The highest BCUT2D eigenvalue weighted by Gasteiger charge is 2.12. The van der Waals surface area contributed by atoms with Gasteiger partial charge >= 0.3 is 0 Å². The molecule has 0 unspecified atom stereocenters. The van der Waals surface area contributed by atoms with E-state index in [1.165, 1.54) is 27.8 Å². The number of rotatable bonds is 1. The fourth-order valence-electron chi connectivity index (χ4n) is 2.35. The van der Waals surface area contributed by atoms with Crippen molar-refractivity contribution in [2.75, 3.05) is 5.73 Å². The van der Waals surface area contributed by atoms with Gasteiger partial charge in [-0.3, -0.25) is 0 Å². The zero-order valence-electron chi connectivity index (χ0n) is 11.0. The lowest BCUT2D eigenvalue weighted by Gasteiger charge is -2.16. The number of anilines is 1. The molecule has 0 fully saturated rings. The summed E-state index contributed by atoms with van der Waals surface area (Å²) < 4.78 is 0. The predicted molar refractivity (Wildman–Crippen MR) is 75.2 cm³/mol. The molecule has 0 atom stereocenters. The molecule has 2 N–H and O–H groups in total. The fraction of sp³-hybridized carbons (Fsp3) is 0.250. The number of para-hydroxylation sites is 1. The third kappa shape index (κ3) is 1.93. The second-order valence-corrected chi connectivity index (χ2v) is 4.72. The molecule has 1 heteroatoms. The van der Waals surface area contributed by atoms with Crippen molar-refractivity contribution < 1.29 is 0 Å². The van der Waals surface area contributed by atoms with E-state index in [4.69, 9.17) is 5.73 Å². The summed E-state index contributed by atoms with van der Waals surface area (Å²) in [5, 5.41) is 0. The Morgan fingerprint density at radius 2 is 1.35 bits per heavy atom. The Bertz CT molecular complexity index is 542. The van der Waals surface area contributed by atoms with Crippen LogP contribution in [-0.2, 0) is 0 Å². The Hall–Kier alpha value is -1.76. The van der Waals surface area contributed by atoms with Crippen LogP contribution in [0.1, 0.15) is 22.3 Å². The first-order valence-electron chi connectivity index (χ1n) is 5.94. The van der Waals surface area contributed by atoms with E-state index in [-0.39, 0.29) is 0 Å². The Morgan fingerprint density at radius 3 is 1.88 bits per heavy atom. The molecule has 0 spiro atoms. The second kappa shape index (κ2) is 4.25. The van der Waals surface area contributed by atoms with Crippen LogP contribution in [0.4, 0.5) is 5.69 Å². The first kappa shape index (κ1) is 11.7. The molecule has 0 bridgehead atoms. The van der Waals surface area contributed by atoms with E-state index < -0.39 is 0 Å². The molecule has 2 aromatic carbocycles.